The zero-order chi connectivity index (χ0) is 15.6. The lowest BCUT2D eigenvalue weighted by Gasteiger charge is -2.20. The van der Waals surface area contributed by atoms with Crippen LogP contribution in [0.2, 0.25) is 0 Å². The quantitative estimate of drug-likeness (QED) is 0.715. The van der Waals surface area contributed by atoms with E-state index in [0.717, 1.165) is 17.1 Å². The minimum atomic E-state index is 0.0623. The molecule has 0 fully saturated rings. The van der Waals surface area contributed by atoms with E-state index in [2.05, 4.69) is 39.8 Å². The summed E-state index contributed by atoms with van der Waals surface area (Å²) in [6.45, 7) is 10.2. The van der Waals surface area contributed by atoms with Crippen molar-refractivity contribution in [1.29, 1.82) is 0 Å². The van der Waals surface area contributed by atoms with Gasteiger partial charge in [0.1, 0.15) is 11.5 Å². The van der Waals surface area contributed by atoms with Gasteiger partial charge >= 0.3 is 0 Å². The van der Waals surface area contributed by atoms with Crippen LogP contribution in [0.3, 0.4) is 0 Å². The van der Waals surface area contributed by atoms with E-state index in [-0.39, 0.29) is 11.2 Å². The number of carbonyl (C=O) groups excluding carboxylic acids is 1. The monoisotopic (exact) mass is 282 g/mol. The Balaban J connectivity index is 2.22. The van der Waals surface area contributed by atoms with Gasteiger partial charge in [0.15, 0.2) is 5.78 Å². The fourth-order valence-corrected chi connectivity index (χ4v) is 2.12. The van der Waals surface area contributed by atoms with Gasteiger partial charge in [-0.15, -0.1) is 0 Å². The van der Waals surface area contributed by atoms with Gasteiger partial charge in [-0.1, -0.05) is 32.9 Å². The third-order valence-electron chi connectivity index (χ3n) is 3.53. The Morgan fingerprint density at radius 3 is 2.10 bits per heavy atom. The number of carbonyl (C=O) groups is 1. The maximum absolute atomic E-state index is 11.3. The largest absolute Gasteiger partial charge is 0.457 e. The van der Waals surface area contributed by atoms with Gasteiger partial charge in [-0.25, -0.2) is 0 Å². The first-order chi connectivity index (χ1) is 9.77. The minimum absolute atomic E-state index is 0.0623. The fraction of sp³-hybridized carbons (Fsp3) is 0.316. The standard InChI is InChI=1S/C19H22O2/c1-13-12-16(19(3,4)5)8-11-18(13)21-17-9-6-15(7-10-17)14(2)20/h6-12H,1-5H3. The first-order valence-electron chi connectivity index (χ1n) is 7.17. The number of ketones is 1. The molecule has 0 unspecified atom stereocenters. The highest BCUT2D eigenvalue weighted by molar-refractivity contribution is 5.94. The van der Waals surface area contributed by atoms with E-state index in [1.54, 1.807) is 19.1 Å². The van der Waals surface area contributed by atoms with E-state index in [0.29, 0.717) is 5.56 Å². The Bertz CT molecular complexity index is 646. The Kier molecular flexibility index (Phi) is 4.17. The van der Waals surface area contributed by atoms with Crippen molar-refractivity contribution in [3.05, 3.63) is 59.2 Å². The van der Waals surface area contributed by atoms with Gasteiger partial charge in [0.2, 0.25) is 0 Å². The molecule has 0 N–H and O–H groups in total. The van der Waals surface area contributed by atoms with Gasteiger partial charge in [0, 0.05) is 5.56 Å². The summed E-state index contributed by atoms with van der Waals surface area (Å²) in [6, 6.07) is 13.5. The number of aryl methyl sites for hydroxylation is 1. The second kappa shape index (κ2) is 5.72. The lowest BCUT2D eigenvalue weighted by Crippen LogP contribution is -2.11. The van der Waals surface area contributed by atoms with Gasteiger partial charge in [-0.05, 0) is 60.7 Å². The molecule has 0 spiro atoms. The second-order valence-corrected chi connectivity index (χ2v) is 6.41. The van der Waals surface area contributed by atoms with Crippen molar-refractivity contribution in [3.8, 4) is 11.5 Å². The first kappa shape index (κ1) is 15.3. The fourth-order valence-electron chi connectivity index (χ4n) is 2.12. The van der Waals surface area contributed by atoms with Crippen LogP contribution in [0.15, 0.2) is 42.5 Å². The Hall–Kier alpha value is -2.09. The molecule has 0 atom stereocenters. The molecule has 0 amide bonds. The summed E-state index contributed by atoms with van der Waals surface area (Å²) < 4.78 is 5.90. The highest BCUT2D eigenvalue weighted by atomic mass is 16.5. The van der Waals surface area contributed by atoms with Crippen LogP contribution >= 0.6 is 0 Å². The highest BCUT2D eigenvalue weighted by Crippen LogP contribution is 2.30. The summed E-state index contributed by atoms with van der Waals surface area (Å²) in [7, 11) is 0. The van der Waals surface area contributed by atoms with Gasteiger partial charge in [0.05, 0.1) is 0 Å². The minimum Gasteiger partial charge on any atom is -0.457 e. The average molecular weight is 282 g/mol. The van der Waals surface area contributed by atoms with Gasteiger partial charge in [-0.2, -0.15) is 0 Å². The van der Waals surface area contributed by atoms with Crippen LogP contribution in [0.5, 0.6) is 11.5 Å². The Morgan fingerprint density at radius 2 is 1.62 bits per heavy atom. The van der Waals surface area contributed by atoms with Crippen molar-refractivity contribution in [2.45, 2.75) is 40.0 Å². The summed E-state index contributed by atoms with van der Waals surface area (Å²) in [5.74, 6) is 1.65. The van der Waals surface area contributed by atoms with Gasteiger partial charge in [0.25, 0.3) is 0 Å². The van der Waals surface area contributed by atoms with Crippen molar-refractivity contribution in [1.82, 2.24) is 0 Å². The molecule has 0 aliphatic rings. The zero-order valence-electron chi connectivity index (χ0n) is 13.4. The van der Waals surface area contributed by atoms with Crippen molar-refractivity contribution in [2.24, 2.45) is 0 Å². The summed E-state index contributed by atoms with van der Waals surface area (Å²) >= 11 is 0. The van der Waals surface area contributed by atoms with Crippen LogP contribution in [0.4, 0.5) is 0 Å². The van der Waals surface area contributed by atoms with Crippen LogP contribution in [0.1, 0.15) is 49.2 Å². The number of rotatable bonds is 3. The molecule has 0 aliphatic carbocycles. The molecular weight excluding hydrogens is 260 g/mol. The van der Waals surface area contributed by atoms with Crippen molar-refractivity contribution >= 4 is 5.78 Å². The van der Waals surface area contributed by atoms with E-state index in [4.69, 9.17) is 4.74 Å². The molecule has 2 heteroatoms. The van der Waals surface area contributed by atoms with E-state index >= 15 is 0 Å². The molecule has 21 heavy (non-hydrogen) atoms. The first-order valence-corrected chi connectivity index (χ1v) is 7.17. The van der Waals surface area contributed by atoms with Crippen molar-refractivity contribution in [3.63, 3.8) is 0 Å². The number of hydrogen-bond acceptors (Lipinski definition) is 2. The molecule has 2 rings (SSSR count). The third kappa shape index (κ3) is 3.72. The molecule has 0 aromatic heterocycles. The summed E-state index contributed by atoms with van der Waals surface area (Å²) in [4.78, 5) is 11.3. The number of Topliss-reactive ketones (excluding diaryl/α,β-unsaturated/α-hetero) is 1. The van der Waals surface area contributed by atoms with Crippen LogP contribution in [-0.2, 0) is 5.41 Å². The zero-order valence-corrected chi connectivity index (χ0v) is 13.4. The lowest BCUT2D eigenvalue weighted by atomic mass is 9.86. The molecule has 0 saturated heterocycles. The van der Waals surface area contributed by atoms with Crippen LogP contribution in [0, 0.1) is 6.92 Å². The maximum atomic E-state index is 11.3. The Morgan fingerprint density at radius 1 is 1.00 bits per heavy atom. The third-order valence-corrected chi connectivity index (χ3v) is 3.53. The molecule has 2 nitrogen and oxygen atoms in total. The van der Waals surface area contributed by atoms with E-state index < -0.39 is 0 Å². The van der Waals surface area contributed by atoms with Crippen LogP contribution in [0.25, 0.3) is 0 Å². The van der Waals surface area contributed by atoms with E-state index in [1.807, 2.05) is 18.2 Å². The Labute approximate surface area is 126 Å². The van der Waals surface area contributed by atoms with E-state index in [9.17, 15) is 4.79 Å². The number of ether oxygens (including phenoxy) is 1. The molecule has 110 valence electrons. The smallest absolute Gasteiger partial charge is 0.159 e. The highest BCUT2D eigenvalue weighted by Gasteiger charge is 2.15. The molecule has 2 aromatic rings. The van der Waals surface area contributed by atoms with Crippen molar-refractivity contribution < 1.29 is 9.53 Å². The average Bonchev–Trinajstić information content (AvgIpc) is 2.40. The summed E-state index contributed by atoms with van der Waals surface area (Å²) in [6.07, 6.45) is 0. The predicted molar refractivity (Wildman–Crippen MR) is 86.4 cm³/mol. The van der Waals surface area contributed by atoms with Gasteiger partial charge < -0.3 is 4.74 Å². The lowest BCUT2D eigenvalue weighted by molar-refractivity contribution is 0.101. The van der Waals surface area contributed by atoms with Gasteiger partial charge in [-0.3, -0.25) is 4.79 Å². The van der Waals surface area contributed by atoms with Crippen molar-refractivity contribution in [2.75, 3.05) is 0 Å². The van der Waals surface area contributed by atoms with E-state index in [1.165, 1.54) is 5.56 Å². The molecule has 2 aromatic carbocycles. The number of hydrogen-bond donors (Lipinski definition) is 0. The molecule has 0 heterocycles. The van der Waals surface area contributed by atoms with Crippen LogP contribution < -0.4 is 4.74 Å². The second-order valence-electron chi connectivity index (χ2n) is 6.41. The molecular formula is C19H22O2. The number of benzene rings is 2. The molecule has 0 saturated carbocycles. The molecule has 0 aliphatic heterocycles. The maximum Gasteiger partial charge on any atom is 0.159 e. The van der Waals surface area contributed by atoms with Crippen LogP contribution in [-0.4, -0.2) is 5.78 Å². The molecule has 0 bridgehead atoms. The SMILES string of the molecule is CC(=O)c1ccc(Oc2ccc(C(C)(C)C)cc2C)cc1. The summed E-state index contributed by atoms with van der Waals surface area (Å²) in [5.41, 5.74) is 3.23. The molecule has 0 radical (unpaired) electrons. The summed E-state index contributed by atoms with van der Waals surface area (Å²) in [5, 5.41) is 0. The normalized spacial score (nSPS) is 11.3. The topological polar surface area (TPSA) is 26.3 Å². The predicted octanol–water partition coefficient (Wildman–Crippen LogP) is 5.29.